The van der Waals surface area contributed by atoms with Crippen LogP contribution in [0.3, 0.4) is 0 Å². The van der Waals surface area contributed by atoms with Crippen LogP contribution in [0.25, 0.3) is 11.8 Å². The molecule has 0 spiro atoms. The number of aryl methyl sites for hydroxylation is 2. The van der Waals surface area contributed by atoms with Crippen molar-refractivity contribution in [1.29, 1.82) is 0 Å². The maximum absolute atomic E-state index is 12.1. The summed E-state index contributed by atoms with van der Waals surface area (Å²) >= 11 is 0. The fourth-order valence-corrected chi connectivity index (χ4v) is 2.57. The lowest BCUT2D eigenvalue weighted by Crippen LogP contribution is -2.07. The first-order valence-corrected chi connectivity index (χ1v) is 7.94. The van der Waals surface area contributed by atoms with Crippen molar-refractivity contribution in [2.75, 3.05) is 19.0 Å². The molecule has 1 heterocycles. The monoisotopic (exact) mass is 319 g/mol. The van der Waals surface area contributed by atoms with E-state index in [0.717, 1.165) is 16.8 Å². The minimum atomic E-state index is -0.306. The van der Waals surface area contributed by atoms with Crippen LogP contribution in [0.15, 0.2) is 54.1 Å². The molecule has 0 aliphatic carbocycles. The predicted octanol–water partition coefficient (Wildman–Crippen LogP) is 4.35. The van der Waals surface area contributed by atoms with Crippen LogP contribution in [0, 0.1) is 13.8 Å². The number of nitrogens with zero attached hydrogens (tertiary/aromatic N) is 1. The number of hydrogen-bond donors (Lipinski definition) is 0. The quantitative estimate of drug-likeness (QED) is 0.622. The number of benzene rings is 2. The third-order valence-electron chi connectivity index (χ3n) is 4.25. The number of carbonyl (C=O) groups excluding carboxylic acids is 1. The lowest BCUT2D eigenvalue weighted by atomic mass is 10.0. The van der Waals surface area contributed by atoms with Crippen molar-refractivity contribution in [2.45, 2.75) is 13.8 Å². The Balaban J connectivity index is 1.89. The number of ether oxygens (including phenoxy) is 1. The van der Waals surface area contributed by atoms with Crippen LogP contribution in [0.5, 0.6) is 0 Å². The molecule has 1 aliphatic rings. The molecule has 0 amide bonds. The van der Waals surface area contributed by atoms with Crippen LogP contribution in [0.4, 0.5) is 5.69 Å². The molecule has 0 atom stereocenters. The van der Waals surface area contributed by atoms with Crippen molar-refractivity contribution in [2.24, 2.45) is 0 Å². The summed E-state index contributed by atoms with van der Waals surface area (Å²) in [7, 11) is 4.00. The van der Waals surface area contributed by atoms with Crippen LogP contribution in [0.1, 0.15) is 22.3 Å². The van der Waals surface area contributed by atoms with Gasteiger partial charge in [-0.2, -0.15) is 0 Å². The van der Waals surface area contributed by atoms with E-state index in [0.29, 0.717) is 11.3 Å². The number of rotatable bonds is 3. The Kier molecular flexibility index (Phi) is 4.26. The Morgan fingerprint density at radius 3 is 2.29 bits per heavy atom. The largest absolute Gasteiger partial charge is 0.422 e. The second-order valence-electron chi connectivity index (χ2n) is 6.28. The minimum Gasteiger partial charge on any atom is -0.422 e. The van der Waals surface area contributed by atoms with Crippen molar-refractivity contribution in [3.8, 4) is 0 Å². The van der Waals surface area contributed by atoms with Gasteiger partial charge in [-0.3, -0.25) is 0 Å². The van der Waals surface area contributed by atoms with E-state index in [2.05, 4.69) is 13.8 Å². The molecule has 0 N–H and O–H groups in total. The molecular weight excluding hydrogens is 298 g/mol. The Morgan fingerprint density at radius 2 is 1.67 bits per heavy atom. The third kappa shape index (κ3) is 3.25. The minimum absolute atomic E-state index is 0.306. The van der Waals surface area contributed by atoms with Crippen LogP contribution < -0.4 is 4.90 Å². The Morgan fingerprint density at radius 1 is 0.958 bits per heavy atom. The van der Waals surface area contributed by atoms with Crippen molar-refractivity contribution in [3.63, 3.8) is 0 Å². The highest BCUT2D eigenvalue weighted by atomic mass is 16.5. The molecule has 3 nitrogen and oxygen atoms in total. The maximum Gasteiger partial charge on any atom is 0.343 e. The van der Waals surface area contributed by atoms with Crippen LogP contribution >= 0.6 is 0 Å². The fraction of sp³-hybridized carbons (Fsp3) is 0.190. The smallest absolute Gasteiger partial charge is 0.343 e. The fourth-order valence-electron chi connectivity index (χ4n) is 2.57. The average Bonchev–Trinajstić information content (AvgIpc) is 2.91. The summed E-state index contributed by atoms with van der Waals surface area (Å²) in [5.41, 5.74) is 6.00. The van der Waals surface area contributed by atoms with Gasteiger partial charge in [0.2, 0.25) is 0 Å². The second kappa shape index (κ2) is 6.36. The van der Waals surface area contributed by atoms with Crippen molar-refractivity contribution >= 4 is 23.5 Å². The molecule has 0 unspecified atom stereocenters. The lowest BCUT2D eigenvalue weighted by molar-refractivity contribution is -0.130. The Bertz CT molecular complexity index is 843. The van der Waals surface area contributed by atoms with E-state index in [1.165, 1.54) is 11.1 Å². The number of cyclic esters (lactones) is 1. The molecule has 24 heavy (non-hydrogen) atoms. The summed E-state index contributed by atoms with van der Waals surface area (Å²) in [6.07, 6.45) is 3.67. The number of carbonyl (C=O) groups is 1. The van der Waals surface area contributed by atoms with Gasteiger partial charge >= 0.3 is 5.97 Å². The summed E-state index contributed by atoms with van der Waals surface area (Å²) in [5, 5.41) is 0. The summed E-state index contributed by atoms with van der Waals surface area (Å²) < 4.78 is 5.43. The average molecular weight is 319 g/mol. The SMILES string of the molecule is Cc1ccc(C2=CC(=Cc3ccc(N(C)C)cc3)C(=O)O2)cc1C. The molecule has 0 bridgehead atoms. The molecule has 0 saturated heterocycles. The molecule has 3 heteroatoms. The van der Waals surface area contributed by atoms with E-state index in [-0.39, 0.29) is 5.97 Å². The number of anilines is 1. The van der Waals surface area contributed by atoms with Crippen LogP contribution in [-0.4, -0.2) is 20.1 Å². The zero-order valence-electron chi connectivity index (χ0n) is 14.5. The molecule has 0 fully saturated rings. The van der Waals surface area contributed by atoms with Gasteiger partial charge in [-0.15, -0.1) is 0 Å². The van der Waals surface area contributed by atoms with E-state index in [9.17, 15) is 4.79 Å². The van der Waals surface area contributed by atoms with Gasteiger partial charge in [-0.25, -0.2) is 4.79 Å². The molecule has 0 radical (unpaired) electrons. The first-order valence-electron chi connectivity index (χ1n) is 7.94. The third-order valence-corrected chi connectivity index (χ3v) is 4.25. The van der Waals surface area contributed by atoms with Gasteiger partial charge in [0, 0.05) is 25.3 Å². The molecule has 1 aliphatic heterocycles. The second-order valence-corrected chi connectivity index (χ2v) is 6.28. The number of hydrogen-bond acceptors (Lipinski definition) is 3. The summed E-state index contributed by atoms with van der Waals surface area (Å²) in [4.78, 5) is 14.2. The first-order chi connectivity index (χ1) is 11.4. The standard InChI is InChI=1S/C21H21NO2/c1-14-5-8-17(11-15(14)2)20-13-18(21(23)24-20)12-16-6-9-19(10-7-16)22(3)4/h5-13H,1-4H3. The lowest BCUT2D eigenvalue weighted by Gasteiger charge is -2.11. The molecule has 3 rings (SSSR count). The molecule has 0 saturated carbocycles. The summed E-state index contributed by atoms with van der Waals surface area (Å²) in [6.45, 7) is 4.12. The van der Waals surface area contributed by atoms with Gasteiger partial charge in [0.15, 0.2) is 0 Å². The summed E-state index contributed by atoms with van der Waals surface area (Å²) in [6, 6.07) is 14.1. The van der Waals surface area contributed by atoms with Crippen molar-refractivity contribution in [3.05, 3.63) is 76.4 Å². The highest BCUT2D eigenvalue weighted by Crippen LogP contribution is 2.28. The van der Waals surface area contributed by atoms with E-state index in [1.807, 2.05) is 73.6 Å². The van der Waals surface area contributed by atoms with Gasteiger partial charge in [0.1, 0.15) is 5.76 Å². The van der Waals surface area contributed by atoms with Crippen molar-refractivity contribution in [1.82, 2.24) is 0 Å². The summed E-state index contributed by atoms with van der Waals surface area (Å²) in [5.74, 6) is 0.305. The predicted molar refractivity (Wildman–Crippen MR) is 98.7 cm³/mol. The van der Waals surface area contributed by atoms with Gasteiger partial charge in [-0.1, -0.05) is 24.3 Å². The molecule has 2 aromatic carbocycles. The van der Waals surface area contributed by atoms with Crippen LogP contribution in [-0.2, 0) is 9.53 Å². The first kappa shape index (κ1) is 16.1. The van der Waals surface area contributed by atoms with Gasteiger partial charge < -0.3 is 9.64 Å². The molecule has 122 valence electrons. The Hall–Kier alpha value is -2.81. The van der Waals surface area contributed by atoms with Crippen molar-refractivity contribution < 1.29 is 9.53 Å². The van der Waals surface area contributed by atoms with E-state index in [4.69, 9.17) is 4.74 Å². The van der Waals surface area contributed by atoms with E-state index >= 15 is 0 Å². The normalized spacial score (nSPS) is 15.4. The van der Waals surface area contributed by atoms with Gasteiger partial charge in [0.25, 0.3) is 0 Å². The maximum atomic E-state index is 12.1. The van der Waals surface area contributed by atoms with E-state index < -0.39 is 0 Å². The zero-order valence-corrected chi connectivity index (χ0v) is 14.5. The Labute approximate surface area is 142 Å². The highest BCUT2D eigenvalue weighted by molar-refractivity contribution is 6.05. The number of esters is 1. The zero-order chi connectivity index (χ0) is 17.3. The molecule has 0 aromatic heterocycles. The van der Waals surface area contributed by atoms with Gasteiger partial charge in [0.05, 0.1) is 5.57 Å². The molecule has 2 aromatic rings. The van der Waals surface area contributed by atoms with Crippen LogP contribution in [0.2, 0.25) is 0 Å². The van der Waals surface area contributed by atoms with Gasteiger partial charge in [-0.05, 0) is 60.9 Å². The highest BCUT2D eigenvalue weighted by Gasteiger charge is 2.22. The molecular formula is C21H21NO2. The topological polar surface area (TPSA) is 29.5 Å². The van der Waals surface area contributed by atoms with E-state index in [1.54, 1.807) is 0 Å².